The molecule has 3 aromatic carbocycles. The molecule has 0 aromatic heterocycles. The van der Waals surface area contributed by atoms with Gasteiger partial charge in [-0.2, -0.15) is 5.26 Å². The van der Waals surface area contributed by atoms with E-state index in [0.29, 0.717) is 29.3 Å². The standard InChI is InChI=1S/C27H24ClN3O5/c1-3-35-24-15-18(13-19(16-29)27(33)30-20-9-5-4-6-10-20)14-21(28)26(24)36-17-25(32)31-22-11-7-8-12-23(22)34-2/h4-15H,3,17H2,1-2H3,(H,30,33)(H,31,32)/b19-13+. The fourth-order valence-electron chi connectivity index (χ4n) is 3.18. The van der Waals surface area contributed by atoms with Gasteiger partial charge in [-0.3, -0.25) is 9.59 Å². The number of rotatable bonds is 10. The summed E-state index contributed by atoms with van der Waals surface area (Å²) in [5.41, 5.74) is 1.39. The third kappa shape index (κ3) is 7.01. The van der Waals surface area contributed by atoms with Crippen LogP contribution in [0.4, 0.5) is 11.4 Å². The number of ether oxygens (including phenoxy) is 3. The molecule has 9 heteroatoms. The summed E-state index contributed by atoms with van der Waals surface area (Å²) in [6.45, 7) is 1.74. The Balaban J connectivity index is 1.77. The van der Waals surface area contributed by atoms with Crippen LogP contribution in [-0.2, 0) is 9.59 Å². The monoisotopic (exact) mass is 505 g/mol. The number of halogens is 1. The first kappa shape index (κ1) is 26.1. The molecule has 2 amide bonds. The van der Waals surface area contributed by atoms with Gasteiger partial charge in [0.15, 0.2) is 18.1 Å². The van der Waals surface area contributed by atoms with Crippen LogP contribution in [0, 0.1) is 11.3 Å². The van der Waals surface area contributed by atoms with Gasteiger partial charge in [0, 0.05) is 5.69 Å². The van der Waals surface area contributed by atoms with Crippen LogP contribution in [-0.4, -0.2) is 32.1 Å². The number of nitrogens with one attached hydrogen (secondary N) is 2. The van der Waals surface area contributed by atoms with Crippen molar-refractivity contribution in [1.29, 1.82) is 5.26 Å². The van der Waals surface area contributed by atoms with Crippen molar-refractivity contribution in [3.63, 3.8) is 0 Å². The van der Waals surface area contributed by atoms with Crippen LogP contribution in [0.1, 0.15) is 12.5 Å². The number of anilines is 2. The van der Waals surface area contributed by atoms with Gasteiger partial charge in [0.25, 0.3) is 11.8 Å². The van der Waals surface area contributed by atoms with Crippen LogP contribution in [0.3, 0.4) is 0 Å². The zero-order valence-electron chi connectivity index (χ0n) is 19.7. The second kappa shape index (κ2) is 12.8. The molecule has 0 atom stereocenters. The van der Waals surface area contributed by atoms with E-state index in [1.54, 1.807) is 61.5 Å². The van der Waals surface area contributed by atoms with E-state index in [9.17, 15) is 14.9 Å². The lowest BCUT2D eigenvalue weighted by molar-refractivity contribution is -0.118. The van der Waals surface area contributed by atoms with Gasteiger partial charge in [-0.1, -0.05) is 41.9 Å². The van der Waals surface area contributed by atoms with E-state index in [-0.39, 0.29) is 28.7 Å². The lowest BCUT2D eigenvalue weighted by atomic mass is 10.1. The molecule has 3 rings (SSSR count). The van der Waals surface area contributed by atoms with Crippen LogP contribution in [0.25, 0.3) is 6.08 Å². The third-order valence-corrected chi connectivity index (χ3v) is 5.05. The molecule has 2 N–H and O–H groups in total. The normalized spacial score (nSPS) is 10.7. The maximum absolute atomic E-state index is 12.5. The van der Waals surface area contributed by atoms with Gasteiger partial charge in [0.1, 0.15) is 17.4 Å². The molecule has 0 bridgehead atoms. The van der Waals surface area contributed by atoms with E-state index >= 15 is 0 Å². The molecule has 3 aromatic rings. The van der Waals surface area contributed by atoms with Crippen molar-refractivity contribution in [2.24, 2.45) is 0 Å². The lowest BCUT2D eigenvalue weighted by Gasteiger charge is -2.15. The number of methoxy groups -OCH3 is 1. The minimum absolute atomic E-state index is 0.123. The Hall–Kier alpha value is -4.48. The number of para-hydroxylation sites is 3. The van der Waals surface area contributed by atoms with Gasteiger partial charge in [-0.15, -0.1) is 0 Å². The Morgan fingerprint density at radius 2 is 1.72 bits per heavy atom. The first-order chi connectivity index (χ1) is 17.4. The van der Waals surface area contributed by atoms with E-state index in [0.717, 1.165) is 0 Å². The number of hydrogen-bond acceptors (Lipinski definition) is 6. The van der Waals surface area contributed by atoms with Crippen LogP contribution in [0.15, 0.2) is 72.3 Å². The molecule has 0 radical (unpaired) electrons. The average Bonchev–Trinajstić information content (AvgIpc) is 2.87. The van der Waals surface area contributed by atoms with E-state index in [4.69, 9.17) is 25.8 Å². The summed E-state index contributed by atoms with van der Waals surface area (Å²) >= 11 is 6.43. The predicted octanol–water partition coefficient (Wildman–Crippen LogP) is 5.31. The Morgan fingerprint density at radius 1 is 1.00 bits per heavy atom. The Morgan fingerprint density at radius 3 is 2.42 bits per heavy atom. The van der Waals surface area contributed by atoms with Crippen molar-refractivity contribution in [2.45, 2.75) is 6.92 Å². The third-order valence-electron chi connectivity index (χ3n) is 4.77. The van der Waals surface area contributed by atoms with Crippen molar-refractivity contribution in [1.82, 2.24) is 0 Å². The SMILES string of the molecule is CCOc1cc(/C=C(\C#N)C(=O)Nc2ccccc2)cc(Cl)c1OCC(=O)Nc1ccccc1OC. The van der Waals surface area contributed by atoms with Crippen LogP contribution >= 0.6 is 11.6 Å². The van der Waals surface area contributed by atoms with E-state index in [2.05, 4.69) is 10.6 Å². The molecule has 8 nitrogen and oxygen atoms in total. The highest BCUT2D eigenvalue weighted by Crippen LogP contribution is 2.37. The molecule has 0 aliphatic carbocycles. The summed E-state index contributed by atoms with van der Waals surface area (Å²) in [4.78, 5) is 25.0. The quantitative estimate of drug-likeness (QED) is 0.285. The van der Waals surface area contributed by atoms with Crippen LogP contribution in [0.5, 0.6) is 17.2 Å². The van der Waals surface area contributed by atoms with Crippen LogP contribution < -0.4 is 24.8 Å². The minimum Gasteiger partial charge on any atom is -0.495 e. The van der Waals surface area contributed by atoms with E-state index in [1.807, 2.05) is 12.1 Å². The summed E-state index contributed by atoms with van der Waals surface area (Å²) in [5.74, 6) is -0.0442. The molecule has 0 spiro atoms. The van der Waals surface area contributed by atoms with Gasteiger partial charge in [0.05, 0.1) is 24.4 Å². The fourth-order valence-corrected chi connectivity index (χ4v) is 3.46. The van der Waals surface area contributed by atoms with Gasteiger partial charge < -0.3 is 24.8 Å². The van der Waals surface area contributed by atoms with Crippen molar-refractivity contribution in [3.05, 3.63) is 82.9 Å². The van der Waals surface area contributed by atoms with Crippen molar-refractivity contribution in [3.8, 4) is 23.3 Å². The highest BCUT2D eigenvalue weighted by atomic mass is 35.5. The number of hydrogen-bond donors (Lipinski definition) is 2. The van der Waals surface area contributed by atoms with Crippen LogP contribution in [0.2, 0.25) is 5.02 Å². The molecule has 0 saturated carbocycles. The number of benzene rings is 3. The number of carbonyl (C=O) groups is 2. The number of carbonyl (C=O) groups excluding carboxylic acids is 2. The second-order valence-corrected chi connectivity index (χ2v) is 7.70. The molecular weight excluding hydrogens is 482 g/mol. The summed E-state index contributed by atoms with van der Waals surface area (Å²) in [6.07, 6.45) is 1.39. The molecule has 0 saturated heterocycles. The molecule has 36 heavy (non-hydrogen) atoms. The van der Waals surface area contributed by atoms with E-state index < -0.39 is 11.8 Å². The molecule has 0 aliphatic heterocycles. The van der Waals surface area contributed by atoms with Crippen molar-refractivity contribution < 1.29 is 23.8 Å². The topological polar surface area (TPSA) is 110 Å². The maximum Gasteiger partial charge on any atom is 0.266 e. The molecule has 0 fully saturated rings. The Bertz CT molecular complexity index is 1300. The lowest BCUT2D eigenvalue weighted by Crippen LogP contribution is -2.21. The number of nitrogens with zero attached hydrogens (tertiary/aromatic N) is 1. The molecule has 0 aliphatic rings. The van der Waals surface area contributed by atoms with E-state index in [1.165, 1.54) is 19.3 Å². The van der Waals surface area contributed by atoms with Gasteiger partial charge in [-0.05, 0) is 55.0 Å². The molecular formula is C27H24ClN3O5. The summed E-state index contributed by atoms with van der Waals surface area (Å²) in [6, 6.07) is 20.8. The number of amides is 2. The summed E-state index contributed by atoms with van der Waals surface area (Å²) in [7, 11) is 1.51. The Labute approximate surface area is 214 Å². The first-order valence-corrected chi connectivity index (χ1v) is 11.3. The smallest absolute Gasteiger partial charge is 0.266 e. The van der Waals surface area contributed by atoms with Crippen molar-refractivity contribution in [2.75, 3.05) is 31.0 Å². The molecule has 0 unspecified atom stereocenters. The zero-order valence-corrected chi connectivity index (χ0v) is 20.5. The fraction of sp³-hybridized carbons (Fsp3) is 0.148. The van der Waals surface area contributed by atoms with Gasteiger partial charge in [0.2, 0.25) is 0 Å². The number of nitriles is 1. The predicted molar refractivity (Wildman–Crippen MR) is 138 cm³/mol. The minimum atomic E-state index is -0.564. The van der Waals surface area contributed by atoms with Crippen molar-refractivity contribution >= 4 is 40.9 Å². The molecule has 184 valence electrons. The molecule has 0 heterocycles. The zero-order chi connectivity index (χ0) is 25.9. The summed E-state index contributed by atoms with van der Waals surface area (Å²) < 4.78 is 16.5. The summed E-state index contributed by atoms with van der Waals surface area (Å²) in [5, 5.41) is 15.1. The average molecular weight is 506 g/mol. The first-order valence-electron chi connectivity index (χ1n) is 10.9. The van der Waals surface area contributed by atoms with Gasteiger partial charge in [-0.25, -0.2) is 0 Å². The van der Waals surface area contributed by atoms with Gasteiger partial charge >= 0.3 is 0 Å². The second-order valence-electron chi connectivity index (χ2n) is 7.29. The Kier molecular flexibility index (Phi) is 9.32. The largest absolute Gasteiger partial charge is 0.495 e. The maximum atomic E-state index is 12.5. The highest BCUT2D eigenvalue weighted by molar-refractivity contribution is 6.32. The highest BCUT2D eigenvalue weighted by Gasteiger charge is 2.16.